The minimum atomic E-state index is -0.682. The summed E-state index contributed by atoms with van der Waals surface area (Å²) < 4.78 is 4.97. The second kappa shape index (κ2) is 12.5. The Kier molecular flexibility index (Phi) is 9.36. The average Bonchev–Trinajstić information content (AvgIpc) is 3.50. The number of amides is 2. The summed E-state index contributed by atoms with van der Waals surface area (Å²) in [6.07, 6.45) is 6.88. The van der Waals surface area contributed by atoms with E-state index >= 15 is 0 Å². The van der Waals surface area contributed by atoms with Gasteiger partial charge in [-0.2, -0.15) is 0 Å². The van der Waals surface area contributed by atoms with Crippen molar-refractivity contribution in [1.29, 1.82) is 0 Å². The predicted octanol–water partition coefficient (Wildman–Crippen LogP) is 3.82. The summed E-state index contributed by atoms with van der Waals surface area (Å²) in [7, 11) is 0. The monoisotopic (exact) mass is 540 g/mol. The molecule has 0 saturated carbocycles. The number of nitrogens with zero attached hydrogens (tertiary/aromatic N) is 2. The molecule has 3 aliphatic heterocycles. The second-order valence-corrected chi connectivity index (χ2v) is 12.2. The minimum Gasteiger partial charge on any atom is -0.465 e. The van der Waals surface area contributed by atoms with Crippen molar-refractivity contribution in [2.75, 3.05) is 26.3 Å². The number of aliphatic hydroxyl groups is 1. The average molecular weight is 541 g/mol. The molecule has 3 aliphatic rings. The van der Waals surface area contributed by atoms with Gasteiger partial charge >= 0.3 is 5.97 Å². The van der Waals surface area contributed by atoms with Crippen molar-refractivity contribution in [3.8, 4) is 0 Å². The lowest BCUT2D eigenvalue weighted by Crippen LogP contribution is -2.57. The third kappa shape index (κ3) is 5.17. The van der Waals surface area contributed by atoms with Crippen LogP contribution in [0.3, 0.4) is 0 Å². The molecule has 0 aromatic heterocycles. The molecule has 3 saturated heterocycles. The van der Waals surface area contributed by atoms with E-state index in [2.05, 4.69) is 20.1 Å². The van der Waals surface area contributed by atoms with Gasteiger partial charge in [0.1, 0.15) is 6.04 Å². The summed E-state index contributed by atoms with van der Waals surface area (Å²) in [6, 6.07) is 9.13. The van der Waals surface area contributed by atoms with E-state index in [1.54, 1.807) is 33.7 Å². The lowest BCUT2D eigenvalue weighted by atomic mass is 9.66. The molecule has 38 heavy (non-hydrogen) atoms. The fraction of sp³-hybridized carbons (Fsp3) is 0.567. The Hall–Kier alpha value is -2.58. The number of fused-ring (bicyclic) bond motifs is 1. The van der Waals surface area contributed by atoms with E-state index in [0.717, 1.165) is 18.4 Å². The molecule has 1 aromatic carbocycles. The molecule has 8 heteroatoms. The highest BCUT2D eigenvalue weighted by Crippen LogP contribution is 2.68. The first-order chi connectivity index (χ1) is 18.4. The molecule has 0 aliphatic carbocycles. The Labute approximate surface area is 230 Å². The lowest BCUT2D eigenvalue weighted by Gasteiger charge is -2.40. The molecule has 1 N–H and O–H groups in total. The highest BCUT2D eigenvalue weighted by atomic mass is 32.2. The highest BCUT2D eigenvalue weighted by molar-refractivity contribution is 8.02. The molecule has 3 unspecified atom stereocenters. The zero-order valence-corrected chi connectivity index (χ0v) is 23.1. The number of esters is 1. The van der Waals surface area contributed by atoms with Crippen molar-refractivity contribution in [1.82, 2.24) is 9.80 Å². The molecule has 2 bridgehead atoms. The van der Waals surface area contributed by atoms with Crippen molar-refractivity contribution in [2.24, 2.45) is 17.8 Å². The van der Waals surface area contributed by atoms with Crippen molar-refractivity contribution in [2.45, 2.75) is 61.6 Å². The fourth-order valence-corrected chi connectivity index (χ4v) is 8.97. The van der Waals surface area contributed by atoms with Gasteiger partial charge in [-0.25, -0.2) is 0 Å². The quantitative estimate of drug-likeness (QED) is 0.219. The molecule has 6 atom stereocenters. The van der Waals surface area contributed by atoms with Crippen LogP contribution in [-0.4, -0.2) is 75.0 Å². The van der Waals surface area contributed by atoms with E-state index < -0.39 is 22.6 Å². The van der Waals surface area contributed by atoms with Crippen LogP contribution >= 0.6 is 11.8 Å². The maximum absolute atomic E-state index is 14.4. The van der Waals surface area contributed by atoms with Gasteiger partial charge in [0, 0.05) is 31.5 Å². The van der Waals surface area contributed by atoms with Crippen LogP contribution in [0.1, 0.15) is 44.6 Å². The first-order valence-electron chi connectivity index (χ1n) is 13.7. The Morgan fingerprint density at radius 1 is 1.21 bits per heavy atom. The standard InChI is InChI=1S/C30H40N2O5S/c1-4-6-12-18-37-29(36)24-23-19-21(3)30(38-23)25(24)27(34)32(16-10-11-17-33)26(30)28(35)31(15-5-2)20-22-13-8-7-9-14-22/h4-5,7-9,13-14,21,23-26,33H,1-2,6,10-12,15-20H2,3H3/t21?,23-,24+,25-,26?,30?/m0/s1. The number of unbranched alkanes of at least 4 members (excludes halogenated alkanes) is 2. The molecule has 206 valence electrons. The normalized spacial score (nSPS) is 29.3. The third-order valence-electron chi connectivity index (χ3n) is 8.23. The summed E-state index contributed by atoms with van der Waals surface area (Å²) >= 11 is 1.66. The molecular weight excluding hydrogens is 500 g/mol. The number of aliphatic hydroxyl groups excluding tert-OH is 1. The molecule has 3 fully saturated rings. The van der Waals surface area contributed by atoms with E-state index in [4.69, 9.17) is 4.74 Å². The van der Waals surface area contributed by atoms with E-state index in [1.807, 2.05) is 30.3 Å². The summed E-state index contributed by atoms with van der Waals surface area (Å²) in [6.45, 7) is 11.2. The number of hydrogen-bond acceptors (Lipinski definition) is 6. The van der Waals surface area contributed by atoms with Crippen LogP contribution in [0.2, 0.25) is 0 Å². The summed E-state index contributed by atoms with van der Waals surface area (Å²) in [5.41, 5.74) is 1.00. The van der Waals surface area contributed by atoms with Gasteiger partial charge in [-0.3, -0.25) is 14.4 Å². The van der Waals surface area contributed by atoms with E-state index in [9.17, 15) is 19.5 Å². The Morgan fingerprint density at radius 2 is 1.97 bits per heavy atom. The van der Waals surface area contributed by atoms with Crippen LogP contribution in [-0.2, 0) is 25.7 Å². The molecule has 1 aromatic rings. The smallest absolute Gasteiger partial charge is 0.310 e. The first-order valence-corrected chi connectivity index (χ1v) is 14.6. The van der Waals surface area contributed by atoms with Gasteiger partial charge in [0.2, 0.25) is 11.8 Å². The van der Waals surface area contributed by atoms with Crippen LogP contribution in [0.5, 0.6) is 0 Å². The number of thioether (sulfide) groups is 1. The van der Waals surface area contributed by atoms with Crippen LogP contribution in [0, 0.1) is 17.8 Å². The zero-order chi connectivity index (χ0) is 27.3. The Balaban J connectivity index is 1.67. The van der Waals surface area contributed by atoms with E-state index in [1.165, 1.54) is 0 Å². The van der Waals surface area contributed by atoms with E-state index in [0.29, 0.717) is 45.5 Å². The third-order valence-corrected chi connectivity index (χ3v) is 10.3. The molecule has 1 spiro atoms. The van der Waals surface area contributed by atoms with Crippen LogP contribution in [0.15, 0.2) is 55.6 Å². The molecule has 4 rings (SSSR count). The van der Waals surface area contributed by atoms with Gasteiger partial charge in [-0.15, -0.1) is 24.9 Å². The molecule has 2 amide bonds. The number of benzene rings is 1. The van der Waals surface area contributed by atoms with Crippen molar-refractivity contribution < 1.29 is 24.2 Å². The number of likely N-dealkylation sites (tertiary alicyclic amines) is 1. The number of carbonyl (C=O) groups is 3. The number of allylic oxidation sites excluding steroid dienone is 1. The summed E-state index contributed by atoms with van der Waals surface area (Å²) in [5, 5.41) is 9.35. The second-order valence-electron chi connectivity index (χ2n) is 10.6. The topological polar surface area (TPSA) is 87.2 Å². The largest absolute Gasteiger partial charge is 0.465 e. The Morgan fingerprint density at radius 3 is 2.66 bits per heavy atom. The van der Waals surface area contributed by atoms with Gasteiger partial charge in [-0.05, 0) is 43.6 Å². The summed E-state index contributed by atoms with van der Waals surface area (Å²) in [5.74, 6) is -1.60. The number of rotatable bonds is 14. The first kappa shape index (κ1) is 28.4. The highest BCUT2D eigenvalue weighted by Gasteiger charge is 2.76. The molecule has 3 heterocycles. The van der Waals surface area contributed by atoms with Crippen LogP contribution in [0.25, 0.3) is 0 Å². The minimum absolute atomic E-state index is 0.0265. The van der Waals surface area contributed by atoms with E-state index in [-0.39, 0.29) is 35.6 Å². The van der Waals surface area contributed by atoms with Crippen molar-refractivity contribution >= 4 is 29.5 Å². The lowest BCUT2D eigenvalue weighted by molar-refractivity contribution is -0.154. The van der Waals surface area contributed by atoms with Gasteiger partial charge in [0.15, 0.2) is 0 Å². The van der Waals surface area contributed by atoms with Crippen molar-refractivity contribution in [3.05, 3.63) is 61.2 Å². The van der Waals surface area contributed by atoms with Crippen LogP contribution in [0.4, 0.5) is 0 Å². The number of ether oxygens (including phenoxy) is 1. The van der Waals surface area contributed by atoms with Crippen LogP contribution < -0.4 is 0 Å². The molecule has 7 nitrogen and oxygen atoms in total. The Bertz CT molecular complexity index is 1030. The SMILES string of the molecule is C=CCCCOC(=O)[C@@H]1[C@@H]2CC(C)C3(S2)C(C(=O)N(CC=C)Cc2ccccc2)N(CCCCO)C(=O)[C@H]13. The fourth-order valence-electron chi connectivity index (χ4n) is 6.56. The zero-order valence-electron chi connectivity index (χ0n) is 22.3. The van der Waals surface area contributed by atoms with Gasteiger partial charge < -0.3 is 19.6 Å². The van der Waals surface area contributed by atoms with Gasteiger partial charge in [0.05, 0.1) is 23.2 Å². The maximum atomic E-state index is 14.4. The van der Waals surface area contributed by atoms with Gasteiger partial charge in [0.25, 0.3) is 0 Å². The number of hydrogen-bond donors (Lipinski definition) is 1. The number of carbonyl (C=O) groups excluding carboxylic acids is 3. The molecular formula is C30H40N2O5S. The maximum Gasteiger partial charge on any atom is 0.310 e. The van der Waals surface area contributed by atoms with Crippen molar-refractivity contribution in [3.63, 3.8) is 0 Å². The predicted molar refractivity (Wildman–Crippen MR) is 149 cm³/mol. The molecule has 0 radical (unpaired) electrons. The van der Waals surface area contributed by atoms with Gasteiger partial charge in [-0.1, -0.05) is 49.4 Å². The summed E-state index contributed by atoms with van der Waals surface area (Å²) in [4.78, 5) is 45.3.